The zero-order chi connectivity index (χ0) is 27.4. The molecular weight excluding hydrogens is 494 g/mol. The number of unbranched alkanes of at least 4 members (excludes halogenated alkanes) is 1. The molecule has 0 amide bonds. The molecule has 0 bridgehead atoms. The maximum atomic E-state index is 13.8. The lowest BCUT2D eigenvalue weighted by molar-refractivity contribution is -0.145. The number of nitrogens with one attached hydrogen (secondary N) is 1. The van der Waals surface area contributed by atoms with E-state index in [1.807, 2.05) is 42.6 Å². The monoisotopic (exact) mass is 529 g/mol. The Morgan fingerprint density at radius 2 is 1.95 bits per heavy atom. The lowest BCUT2D eigenvalue weighted by atomic mass is 9.75. The molecule has 2 N–H and O–H groups in total. The van der Waals surface area contributed by atoms with Crippen molar-refractivity contribution in [2.75, 3.05) is 0 Å². The number of aryl methyl sites for hydroxylation is 1. The third-order valence-corrected chi connectivity index (χ3v) is 7.99. The van der Waals surface area contributed by atoms with Gasteiger partial charge < -0.3 is 5.11 Å². The normalized spacial score (nSPS) is 19.3. The third-order valence-electron chi connectivity index (χ3n) is 7.99. The Hall–Kier alpha value is -4.08. The number of benzene rings is 1. The Morgan fingerprint density at radius 3 is 2.62 bits per heavy atom. The van der Waals surface area contributed by atoms with E-state index in [4.69, 9.17) is 4.98 Å². The number of aromatic nitrogens is 7. The summed E-state index contributed by atoms with van der Waals surface area (Å²) >= 11 is 0. The predicted molar refractivity (Wildman–Crippen MR) is 147 cm³/mol. The summed E-state index contributed by atoms with van der Waals surface area (Å²) in [5.41, 5.74) is 4.24. The lowest BCUT2D eigenvalue weighted by Gasteiger charge is -2.36. The molecule has 0 spiro atoms. The topological polar surface area (TPSA) is 132 Å². The molecule has 1 fully saturated rings. The molecule has 0 saturated heterocycles. The Bertz CT molecular complexity index is 1460. The molecule has 0 radical (unpaired) electrons. The van der Waals surface area contributed by atoms with Crippen molar-refractivity contribution in [3.63, 3.8) is 0 Å². The summed E-state index contributed by atoms with van der Waals surface area (Å²) in [6.07, 6.45) is 9.76. The number of aromatic amines is 1. The van der Waals surface area contributed by atoms with Crippen LogP contribution in [0.15, 0.2) is 53.6 Å². The highest BCUT2D eigenvalue weighted by Gasteiger charge is 2.39. The molecule has 39 heavy (non-hydrogen) atoms. The van der Waals surface area contributed by atoms with Gasteiger partial charge in [-0.1, -0.05) is 63.4 Å². The molecule has 0 aliphatic heterocycles. The van der Waals surface area contributed by atoms with Gasteiger partial charge in [0.1, 0.15) is 0 Å². The fourth-order valence-corrected chi connectivity index (χ4v) is 5.94. The first-order chi connectivity index (χ1) is 19.0. The molecule has 4 aromatic rings. The number of carboxylic acid groups (broad SMARTS) is 1. The SMILES string of the molecule is CCCCc1cn(C2C(CC)CCCC2C(=O)O)c(=O)n1Cc1ccc(-c2ccccc2-c2nnn[nH]2)nc1. The first kappa shape index (κ1) is 26.5. The minimum atomic E-state index is -0.811. The highest BCUT2D eigenvalue weighted by Crippen LogP contribution is 2.40. The van der Waals surface area contributed by atoms with E-state index in [0.717, 1.165) is 66.6 Å². The number of hydrogen-bond acceptors (Lipinski definition) is 6. The van der Waals surface area contributed by atoms with Crippen molar-refractivity contribution in [2.24, 2.45) is 11.8 Å². The number of rotatable bonds is 10. The van der Waals surface area contributed by atoms with Crippen LogP contribution < -0.4 is 5.69 Å². The molecule has 1 aromatic carbocycles. The molecule has 3 heterocycles. The highest BCUT2D eigenvalue weighted by molar-refractivity contribution is 5.78. The Kier molecular flexibility index (Phi) is 7.99. The van der Waals surface area contributed by atoms with Crippen LogP contribution >= 0.6 is 0 Å². The Morgan fingerprint density at radius 1 is 1.13 bits per heavy atom. The van der Waals surface area contributed by atoms with E-state index in [0.29, 0.717) is 18.8 Å². The second-order valence-electron chi connectivity index (χ2n) is 10.4. The minimum absolute atomic E-state index is 0.134. The maximum Gasteiger partial charge on any atom is 0.328 e. The number of aliphatic carboxylic acids is 1. The van der Waals surface area contributed by atoms with Crippen LogP contribution in [0.5, 0.6) is 0 Å². The number of H-pyrrole nitrogens is 1. The number of carboxylic acids is 1. The van der Waals surface area contributed by atoms with Crippen LogP contribution in [-0.4, -0.2) is 45.8 Å². The lowest BCUT2D eigenvalue weighted by Crippen LogP contribution is -2.40. The summed E-state index contributed by atoms with van der Waals surface area (Å²) in [6, 6.07) is 11.4. The van der Waals surface area contributed by atoms with E-state index >= 15 is 0 Å². The first-order valence-electron chi connectivity index (χ1n) is 13.8. The van der Waals surface area contributed by atoms with E-state index in [1.54, 1.807) is 15.3 Å². The molecular formula is C29H35N7O3. The number of pyridine rings is 1. The third kappa shape index (κ3) is 5.41. The van der Waals surface area contributed by atoms with E-state index in [9.17, 15) is 14.7 Å². The van der Waals surface area contributed by atoms with Gasteiger partial charge in [-0.3, -0.25) is 18.9 Å². The Labute approximate surface area is 227 Å². The van der Waals surface area contributed by atoms with Gasteiger partial charge in [0.05, 0.1) is 24.2 Å². The van der Waals surface area contributed by atoms with E-state index < -0.39 is 11.9 Å². The molecule has 204 valence electrons. The molecule has 10 heteroatoms. The number of tetrazole rings is 1. The van der Waals surface area contributed by atoms with Gasteiger partial charge >= 0.3 is 11.7 Å². The van der Waals surface area contributed by atoms with Crippen molar-refractivity contribution < 1.29 is 9.90 Å². The fraction of sp³-hybridized carbons (Fsp3) is 0.448. The van der Waals surface area contributed by atoms with Crippen molar-refractivity contribution in [3.8, 4) is 22.6 Å². The largest absolute Gasteiger partial charge is 0.481 e. The summed E-state index contributed by atoms with van der Waals surface area (Å²) in [7, 11) is 0. The average molecular weight is 530 g/mol. The van der Waals surface area contributed by atoms with Gasteiger partial charge in [-0.2, -0.15) is 0 Å². The molecule has 5 rings (SSSR count). The minimum Gasteiger partial charge on any atom is -0.481 e. The Balaban J connectivity index is 1.47. The molecule has 1 aliphatic rings. The van der Waals surface area contributed by atoms with Gasteiger partial charge in [-0.25, -0.2) is 9.89 Å². The van der Waals surface area contributed by atoms with Gasteiger partial charge in [0.2, 0.25) is 0 Å². The summed E-state index contributed by atoms with van der Waals surface area (Å²) in [6.45, 7) is 4.60. The van der Waals surface area contributed by atoms with E-state index in [-0.39, 0.29) is 17.6 Å². The fourth-order valence-electron chi connectivity index (χ4n) is 5.94. The average Bonchev–Trinajstić information content (AvgIpc) is 3.61. The standard InChI is InChI=1S/C29H35N7O3/c1-3-5-10-21-18-36(26-20(4-2)9-8-13-24(26)28(37)38)29(39)35(21)17-19-14-15-25(30-16-19)22-11-6-7-12-23(22)27-31-33-34-32-27/h6-7,11-12,14-16,18,20,24,26H,3-5,8-10,13,17H2,1-2H3,(H,37,38)(H,31,32,33,34). The van der Waals surface area contributed by atoms with Crippen LogP contribution in [0.25, 0.3) is 22.6 Å². The van der Waals surface area contributed by atoms with Gasteiger partial charge in [0.25, 0.3) is 0 Å². The van der Waals surface area contributed by atoms with Crippen molar-refractivity contribution in [1.82, 2.24) is 34.7 Å². The molecule has 1 saturated carbocycles. The van der Waals surface area contributed by atoms with Crippen molar-refractivity contribution in [1.29, 1.82) is 0 Å². The van der Waals surface area contributed by atoms with Crippen LogP contribution in [0.4, 0.5) is 0 Å². The summed E-state index contributed by atoms with van der Waals surface area (Å²) in [5.74, 6) is -0.614. The molecule has 3 atom stereocenters. The van der Waals surface area contributed by atoms with Crippen LogP contribution in [0, 0.1) is 11.8 Å². The quantitative estimate of drug-likeness (QED) is 0.303. The molecule has 3 unspecified atom stereocenters. The predicted octanol–water partition coefficient (Wildman–Crippen LogP) is 4.73. The second-order valence-corrected chi connectivity index (χ2v) is 10.4. The summed E-state index contributed by atoms with van der Waals surface area (Å²) < 4.78 is 3.54. The molecule has 1 aliphatic carbocycles. The van der Waals surface area contributed by atoms with Crippen LogP contribution in [0.2, 0.25) is 0 Å². The van der Waals surface area contributed by atoms with E-state index in [2.05, 4.69) is 34.5 Å². The molecule has 3 aromatic heterocycles. The van der Waals surface area contributed by atoms with Crippen molar-refractivity contribution >= 4 is 5.97 Å². The zero-order valence-corrected chi connectivity index (χ0v) is 22.5. The summed E-state index contributed by atoms with van der Waals surface area (Å²) in [4.78, 5) is 30.7. The summed E-state index contributed by atoms with van der Waals surface area (Å²) in [5, 5.41) is 24.2. The number of nitrogens with zero attached hydrogens (tertiary/aromatic N) is 6. The van der Waals surface area contributed by atoms with Crippen molar-refractivity contribution in [3.05, 3.63) is 70.5 Å². The molecule has 10 nitrogen and oxygen atoms in total. The number of hydrogen-bond donors (Lipinski definition) is 2. The number of imidazole rings is 1. The maximum absolute atomic E-state index is 13.8. The van der Waals surface area contributed by atoms with E-state index in [1.165, 1.54) is 0 Å². The second kappa shape index (κ2) is 11.8. The van der Waals surface area contributed by atoms with Crippen molar-refractivity contribution in [2.45, 2.75) is 71.4 Å². The number of carbonyl (C=O) groups is 1. The van der Waals surface area contributed by atoms with Crippen LogP contribution in [-0.2, 0) is 17.8 Å². The highest BCUT2D eigenvalue weighted by atomic mass is 16.4. The van der Waals surface area contributed by atoms with Gasteiger partial charge in [0.15, 0.2) is 5.82 Å². The first-order valence-corrected chi connectivity index (χ1v) is 13.8. The van der Waals surface area contributed by atoms with Crippen LogP contribution in [0.3, 0.4) is 0 Å². The van der Waals surface area contributed by atoms with Gasteiger partial charge in [0, 0.05) is 29.2 Å². The van der Waals surface area contributed by atoms with Crippen LogP contribution in [0.1, 0.15) is 69.7 Å². The zero-order valence-electron chi connectivity index (χ0n) is 22.5. The smallest absolute Gasteiger partial charge is 0.328 e. The van der Waals surface area contributed by atoms with Gasteiger partial charge in [-0.05, 0) is 53.7 Å². The van der Waals surface area contributed by atoms with Gasteiger partial charge in [-0.15, -0.1) is 5.10 Å².